The summed E-state index contributed by atoms with van der Waals surface area (Å²) in [6, 6.07) is 5.30. The third kappa shape index (κ3) is 2.27. The highest BCUT2D eigenvalue weighted by Gasteiger charge is 2.04. The molecule has 0 spiro atoms. The van der Waals surface area contributed by atoms with E-state index in [1.165, 1.54) is 0 Å². The first-order valence-corrected chi connectivity index (χ1v) is 4.37. The first-order chi connectivity index (χ1) is 5.75. The minimum absolute atomic E-state index is 0.465. The van der Waals surface area contributed by atoms with E-state index in [-0.39, 0.29) is 0 Å². The second kappa shape index (κ2) is 4.55. The van der Waals surface area contributed by atoms with E-state index in [4.69, 9.17) is 27.9 Å². The molecular weight excluding hydrogens is 197 g/mol. The molecule has 0 saturated carbocycles. The third-order valence-electron chi connectivity index (χ3n) is 1.32. The van der Waals surface area contributed by atoms with Gasteiger partial charge in [0.05, 0.1) is 5.02 Å². The van der Waals surface area contributed by atoms with Gasteiger partial charge in [-0.1, -0.05) is 29.3 Å². The van der Waals surface area contributed by atoms with Crippen LogP contribution in [0, 0.1) is 0 Å². The standard InChI is InChI=1S/C8H9Cl2NO/c9-6-2-1-3-7(8(6)10)12-5-4-11/h1-3H,4-5,11H2/p+1. The Balaban J connectivity index is 2.78. The normalized spacial score (nSPS) is 9.92. The smallest absolute Gasteiger partial charge is 0.139 e. The summed E-state index contributed by atoms with van der Waals surface area (Å²) in [4.78, 5) is 0. The summed E-state index contributed by atoms with van der Waals surface area (Å²) < 4.78 is 5.29. The van der Waals surface area contributed by atoms with Gasteiger partial charge in [-0.05, 0) is 12.1 Å². The van der Waals surface area contributed by atoms with E-state index in [0.29, 0.717) is 28.9 Å². The van der Waals surface area contributed by atoms with Crippen molar-refractivity contribution in [3.05, 3.63) is 28.2 Å². The molecule has 0 unspecified atom stereocenters. The SMILES string of the molecule is [NH3+]CCOc1cccc(Cl)c1Cl. The van der Waals surface area contributed by atoms with Crippen molar-refractivity contribution in [3.63, 3.8) is 0 Å². The molecule has 4 heteroatoms. The molecule has 0 saturated heterocycles. The number of quaternary nitrogens is 1. The van der Waals surface area contributed by atoms with Crippen molar-refractivity contribution in [1.82, 2.24) is 0 Å². The molecule has 66 valence electrons. The van der Waals surface area contributed by atoms with Crippen LogP contribution in [0.5, 0.6) is 5.75 Å². The summed E-state index contributed by atoms with van der Waals surface area (Å²) in [7, 11) is 0. The van der Waals surface area contributed by atoms with Crippen LogP contribution in [0.1, 0.15) is 0 Å². The number of rotatable bonds is 3. The molecule has 0 bridgehead atoms. The zero-order valence-corrected chi connectivity index (χ0v) is 8.03. The minimum Gasteiger partial charge on any atom is -0.486 e. The maximum Gasteiger partial charge on any atom is 0.139 e. The number of hydrogen-bond acceptors (Lipinski definition) is 1. The summed E-state index contributed by atoms with van der Waals surface area (Å²) in [5.74, 6) is 0.618. The van der Waals surface area contributed by atoms with Crippen molar-refractivity contribution in [2.24, 2.45) is 0 Å². The quantitative estimate of drug-likeness (QED) is 0.803. The molecule has 3 N–H and O–H groups in total. The molecule has 0 aromatic heterocycles. The van der Waals surface area contributed by atoms with Crippen molar-refractivity contribution < 1.29 is 10.5 Å². The molecule has 0 radical (unpaired) electrons. The van der Waals surface area contributed by atoms with Crippen molar-refractivity contribution >= 4 is 23.2 Å². The highest BCUT2D eigenvalue weighted by molar-refractivity contribution is 6.42. The fourth-order valence-corrected chi connectivity index (χ4v) is 1.12. The van der Waals surface area contributed by atoms with Gasteiger partial charge in [-0.25, -0.2) is 0 Å². The first-order valence-electron chi connectivity index (χ1n) is 3.61. The second-order valence-electron chi connectivity index (χ2n) is 2.25. The first kappa shape index (κ1) is 9.65. The van der Waals surface area contributed by atoms with Crippen molar-refractivity contribution in [3.8, 4) is 5.75 Å². The maximum absolute atomic E-state index is 5.85. The van der Waals surface area contributed by atoms with Crippen LogP contribution in [0.4, 0.5) is 0 Å². The third-order valence-corrected chi connectivity index (χ3v) is 2.12. The van der Waals surface area contributed by atoms with Gasteiger partial charge in [0.2, 0.25) is 0 Å². The highest BCUT2D eigenvalue weighted by Crippen LogP contribution is 2.31. The summed E-state index contributed by atoms with van der Waals surface area (Å²) >= 11 is 11.6. The predicted octanol–water partition coefficient (Wildman–Crippen LogP) is 1.61. The summed E-state index contributed by atoms with van der Waals surface area (Å²) in [5.41, 5.74) is 3.65. The predicted molar refractivity (Wildman–Crippen MR) is 49.7 cm³/mol. The Morgan fingerprint density at radius 2 is 2.08 bits per heavy atom. The van der Waals surface area contributed by atoms with E-state index in [2.05, 4.69) is 5.73 Å². The van der Waals surface area contributed by atoms with Crippen molar-refractivity contribution in [2.45, 2.75) is 0 Å². The van der Waals surface area contributed by atoms with E-state index in [1.54, 1.807) is 18.2 Å². The van der Waals surface area contributed by atoms with Gasteiger partial charge >= 0.3 is 0 Å². The average molecular weight is 207 g/mol. The molecule has 0 fully saturated rings. The van der Waals surface area contributed by atoms with E-state index in [0.717, 1.165) is 0 Å². The Kier molecular flexibility index (Phi) is 3.66. The van der Waals surface area contributed by atoms with E-state index in [1.807, 2.05) is 0 Å². The second-order valence-corrected chi connectivity index (χ2v) is 3.04. The lowest BCUT2D eigenvalue weighted by Gasteiger charge is -2.05. The number of ether oxygens (including phenoxy) is 1. The molecule has 0 aliphatic heterocycles. The zero-order chi connectivity index (χ0) is 8.97. The van der Waals surface area contributed by atoms with E-state index in [9.17, 15) is 0 Å². The van der Waals surface area contributed by atoms with Crippen LogP contribution in [-0.2, 0) is 0 Å². The number of hydrogen-bond donors (Lipinski definition) is 1. The van der Waals surface area contributed by atoms with Crippen LogP contribution in [0.25, 0.3) is 0 Å². The molecule has 1 aromatic carbocycles. The van der Waals surface area contributed by atoms with Crippen LogP contribution in [0.15, 0.2) is 18.2 Å². The zero-order valence-electron chi connectivity index (χ0n) is 6.52. The molecule has 0 aliphatic carbocycles. The van der Waals surface area contributed by atoms with Gasteiger partial charge in [-0.3, -0.25) is 0 Å². The van der Waals surface area contributed by atoms with Gasteiger partial charge in [0.25, 0.3) is 0 Å². The van der Waals surface area contributed by atoms with Gasteiger partial charge in [-0.15, -0.1) is 0 Å². The van der Waals surface area contributed by atoms with Crippen LogP contribution in [0.3, 0.4) is 0 Å². The largest absolute Gasteiger partial charge is 0.486 e. The topological polar surface area (TPSA) is 36.9 Å². The Morgan fingerprint density at radius 3 is 2.75 bits per heavy atom. The van der Waals surface area contributed by atoms with Gasteiger partial charge < -0.3 is 10.5 Å². The monoisotopic (exact) mass is 206 g/mol. The summed E-state index contributed by atoms with van der Waals surface area (Å²) in [5, 5.41) is 0.978. The molecule has 2 nitrogen and oxygen atoms in total. The summed E-state index contributed by atoms with van der Waals surface area (Å²) in [6.07, 6.45) is 0. The number of benzene rings is 1. The Morgan fingerprint density at radius 1 is 1.33 bits per heavy atom. The lowest BCUT2D eigenvalue weighted by atomic mass is 10.3. The Hall–Kier alpha value is -0.440. The molecule has 0 atom stereocenters. The Bertz CT molecular complexity index is 265. The van der Waals surface area contributed by atoms with Crippen LogP contribution < -0.4 is 10.5 Å². The highest BCUT2D eigenvalue weighted by atomic mass is 35.5. The fourth-order valence-electron chi connectivity index (χ4n) is 0.778. The van der Waals surface area contributed by atoms with Gasteiger partial charge in [-0.2, -0.15) is 0 Å². The number of halogens is 2. The fraction of sp³-hybridized carbons (Fsp3) is 0.250. The summed E-state index contributed by atoms with van der Waals surface area (Å²) in [6.45, 7) is 1.27. The van der Waals surface area contributed by atoms with Gasteiger partial charge in [0.1, 0.15) is 23.9 Å². The van der Waals surface area contributed by atoms with Crippen LogP contribution >= 0.6 is 23.2 Å². The van der Waals surface area contributed by atoms with Crippen molar-refractivity contribution in [1.29, 1.82) is 0 Å². The lowest BCUT2D eigenvalue weighted by Crippen LogP contribution is -2.52. The maximum atomic E-state index is 5.85. The van der Waals surface area contributed by atoms with Crippen LogP contribution in [0.2, 0.25) is 10.0 Å². The van der Waals surface area contributed by atoms with Gasteiger partial charge in [0.15, 0.2) is 0 Å². The molecule has 1 rings (SSSR count). The van der Waals surface area contributed by atoms with Crippen molar-refractivity contribution in [2.75, 3.05) is 13.2 Å². The molecular formula is C8H10Cl2NO+. The average Bonchev–Trinajstić information content (AvgIpc) is 2.08. The molecule has 12 heavy (non-hydrogen) atoms. The molecule has 0 aliphatic rings. The molecule has 0 heterocycles. The Labute approximate surface area is 81.2 Å². The lowest BCUT2D eigenvalue weighted by molar-refractivity contribution is -0.370. The van der Waals surface area contributed by atoms with E-state index >= 15 is 0 Å². The van der Waals surface area contributed by atoms with Crippen LogP contribution in [-0.4, -0.2) is 13.2 Å². The minimum atomic E-state index is 0.465. The molecule has 0 amide bonds. The molecule has 1 aromatic rings. The van der Waals surface area contributed by atoms with E-state index < -0.39 is 0 Å². The van der Waals surface area contributed by atoms with Gasteiger partial charge in [0, 0.05) is 0 Å².